The summed E-state index contributed by atoms with van der Waals surface area (Å²) < 4.78 is 5.85. The van der Waals surface area contributed by atoms with Crippen LogP contribution >= 0.6 is 35.6 Å². The Morgan fingerprint density at radius 1 is 1.41 bits per heavy atom. The molecule has 1 aliphatic rings. The topological polar surface area (TPSA) is 92.0 Å². The molecule has 0 spiro atoms. The third-order valence-corrected chi connectivity index (χ3v) is 4.48. The second-order valence-electron chi connectivity index (χ2n) is 6.32. The number of carbonyl (C=O) groups excluding carboxylic acids is 1. The molecule has 1 fully saturated rings. The van der Waals surface area contributed by atoms with Gasteiger partial charge in [-0.1, -0.05) is 23.7 Å². The van der Waals surface area contributed by atoms with Gasteiger partial charge in [0, 0.05) is 25.7 Å². The van der Waals surface area contributed by atoms with Crippen LogP contribution in [0.4, 0.5) is 4.79 Å². The first kappa shape index (κ1) is 23.6. The second kappa shape index (κ2) is 12.1. The molecule has 7 nitrogen and oxygen atoms in total. The Morgan fingerprint density at radius 3 is 2.67 bits per heavy atom. The fourth-order valence-corrected chi connectivity index (χ4v) is 2.95. The Kier molecular flexibility index (Phi) is 10.6. The molecule has 0 saturated carbocycles. The fourth-order valence-electron chi connectivity index (χ4n) is 2.77. The number of carbonyl (C=O) groups is 1. The van der Waals surface area contributed by atoms with Gasteiger partial charge in [-0.05, 0) is 38.8 Å². The molecule has 1 aromatic carbocycles. The van der Waals surface area contributed by atoms with Crippen molar-refractivity contribution in [2.75, 3.05) is 26.2 Å². The number of primary amides is 1. The number of piperidine rings is 1. The van der Waals surface area contributed by atoms with Crippen molar-refractivity contribution in [2.24, 2.45) is 10.7 Å². The minimum absolute atomic E-state index is 0. The highest BCUT2D eigenvalue weighted by Gasteiger charge is 2.21. The maximum absolute atomic E-state index is 11.2. The Balaban J connectivity index is 0.00000364. The van der Waals surface area contributed by atoms with Gasteiger partial charge in [-0.2, -0.15) is 0 Å². The van der Waals surface area contributed by atoms with Gasteiger partial charge < -0.3 is 26.0 Å². The zero-order valence-electron chi connectivity index (χ0n) is 15.8. The van der Waals surface area contributed by atoms with Gasteiger partial charge in [0.2, 0.25) is 0 Å². The van der Waals surface area contributed by atoms with E-state index in [0.717, 1.165) is 25.3 Å². The fraction of sp³-hybridized carbons (Fsp3) is 0.556. The Hall–Kier alpha value is -1.42. The highest BCUT2D eigenvalue weighted by atomic mass is 127. The van der Waals surface area contributed by atoms with Gasteiger partial charge in [-0.25, -0.2) is 9.79 Å². The average Bonchev–Trinajstić information content (AvgIpc) is 2.62. The lowest BCUT2D eigenvalue weighted by Crippen LogP contribution is -2.50. The third-order valence-electron chi connectivity index (χ3n) is 4.16. The predicted octanol–water partition coefficient (Wildman–Crippen LogP) is 2.82. The highest BCUT2D eigenvalue weighted by Crippen LogP contribution is 2.24. The van der Waals surface area contributed by atoms with Crippen molar-refractivity contribution in [3.05, 3.63) is 29.3 Å². The summed E-state index contributed by atoms with van der Waals surface area (Å²) in [6, 6.07) is 7.32. The van der Waals surface area contributed by atoms with Crippen LogP contribution in [-0.4, -0.2) is 55.2 Å². The summed E-state index contributed by atoms with van der Waals surface area (Å²) in [6.45, 7) is 6.58. The molecule has 9 heteroatoms. The Bertz CT molecular complexity index is 624. The SMILES string of the molecule is CCNC(=NCC(C)Oc1ccccc1Cl)NC1CCN(C(N)=O)CC1.I. The van der Waals surface area contributed by atoms with E-state index >= 15 is 0 Å². The first-order valence-electron chi connectivity index (χ1n) is 9.00. The summed E-state index contributed by atoms with van der Waals surface area (Å²) in [5.41, 5.74) is 5.32. The van der Waals surface area contributed by atoms with E-state index in [4.69, 9.17) is 22.1 Å². The molecule has 2 rings (SSSR count). The molecule has 2 amide bonds. The molecule has 0 bridgehead atoms. The quantitative estimate of drug-likeness (QED) is 0.312. The van der Waals surface area contributed by atoms with Crippen LogP contribution in [0.2, 0.25) is 5.02 Å². The third kappa shape index (κ3) is 8.00. The molecule has 1 heterocycles. The number of amides is 2. The number of hydrogen-bond acceptors (Lipinski definition) is 3. The van der Waals surface area contributed by atoms with Crippen LogP contribution < -0.4 is 21.1 Å². The summed E-state index contributed by atoms with van der Waals surface area (Å²) in [5.74, 6) is 1.41. The van der Waals surface area contributed by atoms with E-state index < -0.39 is 0 Å². The van der Waals surface area contributed by atoms with Gasteiger partial charge in [0.15, 0.2) is 5.96 Å². The summed E-state index contributed by atoms with van der Waals surface area (Å²) >= 11 is 6.12. The van der Waals surface area contributed by atoms with Gasteiger partial charge in [-0.3, -0.25) is 0 Å². The number of aliphatic imine (C=N–C) groups is 1. The standard InChI is InChI=1S/C18H28ClN5O2.HI/c1-3-21-18(23-14-8-10-24(11-9-14)17(20)25)22-12-13(2)26-16-7-5-4-6-15(16)19;/h4-7,13-14H,3,8-12H2,1-2H3,(H2,20,25)(H2,21,22,23);1H. The van der Waals surface area contributed by atoms with E-state index in [1.165, 1.54) is 0 Å². The molecule has 1 saturated heterocycles. The molecule has 0 aliphatic carbocycles. The van der Waals surface area contributed by atoms with Crippen LogP contribution in [0, 0.1) is 0 Å². The predicted molar refractivity (Wildman–Crippen MR) is 120 cm³/mol. The number of guanidine groups is 1. The average molecular weight is 510 g/mol. The van der Waals surface area contributed by atoms with Crippen molar-refractivity contribution in [3.8, 4) is 5.75 Å². The van der Waals surface area contributed by atoms with Crippen molar-refractivity contribution in [2.45, 2.75) is 38.8 Å². The molecule has 4 N–H and O–H groups in total. The number of ether oxygens (including phenoxy) is 1. The molecule has 0 aromatic heterocycles. The Morgan fingerprint density at radius 2 is 2.07 bits per heavy atom. The normalized spacial score (nSPS) is 16.3. The lowest BCUT2D eigenvalue weighted by atomic mass is 10.1. The molecule has 152 valence electrons. The number of nitrogens with one attached hydrogen (secondary N) is 2. The van der Waals surface area contributed by atoms with Gasteiger partial charge in [-0.15, -0.1) is 24.0 Å². The number of nitrogens with two attached hydrogens (primary N) is 1. The van der Waals surface area contributed by atoms with Crippen molar-refractivity contribution >= 4 is 47.6 Å². The lowest BCUT2D eigenvalue weighted by Gasteiger charge is -2.32. The molecular formula is C18H29ClIN5O2. The summed E-state index contributed by atoms with van der Waals surface area (Å²) in [6.07, 6.45) is 1.58. The number of urea groups is 1. The van der Waals surface area contributed by atoms with Crippen LogP contribution in [0.3, 0.4) is 0 Å². The number of rotatable bonds is 6. The van der Waals surface area contributed by atoms with Crippen LogP contribution in [0.5, 0.6) is 5.75 Å². The van der Waals surface area contributed by atoms with E-state index in [1.807, 2.05) is 32.0 Å². The van der Waals surface area contributed by atoms with Crippen LogP contribution in [0.1, 0.15) is 26.7 Å². The largest absolute Gasteiger partial charge is 0.487 e. The smallest absolute Gasteiger partial charge is 0.314 e. The van der Waals surface area contributed by atoms with Gasteiger partial charge >= 0.3 is 6.03 Å². The van der Waals surface area contributed by atoms with E-state index in [0.29, 0.717) is 30.4 Å². The van der Waals surface area contributed by atoms with Crippen molar-refractivity contribution < 1.29 is 9.53 Å². The molecule has 1 atom stereocenters. The number of hydrogen-bond donors (Lipinski definition) is 3. The summed E-state index contributed by atoms with van der Waals surface area (Å²) in [4.78, 5) is 17.5. The maximum Gasteiger partial charge on any atom is 0.314 e. The van der Waals surface area contributed by atoms with E-state index in [2.05, 4.69) is 15.6 Å². The van der Waals surface area contributed by atoms with Gasteiger partial charge in [0.25, 0.3) is 0 Å². The highest BCUT2D eigenvalue weighted by molar-refractivity contribution is 14.0. The number of nitrogens with zero attached hydrogens (tertiary/aromatic N) is 2. The summed E-state index contributed by atoms with van der Waals surface area (Å²) in [7, 11) is 0. The minimum Gasteiger partial charge on any atom is -0.487 e. The molecule has 0 radical (unpaired) electrons. The lowest BCUT2D eigenvalue weighted by molar-refractivity contribution is 0.188. The molecule has 1 aliphatic heterocycles. The first-order chi connectivity index (χ1) is 12.5. The number of benzene rings is 1. The van der Waals surface area contributed by atoms with Gasteiger partial charge in [0.05, 0.1) is 11.6 Å². The monoisotopic (exact) mass is 509 g/mol. The second-order valence-corrected chi connectivity index (χ2v) is 6.73. The van der Waals surface area contributed by atoms with Crippen molar-refractivity contribution in [3.63, 3.8) is 0 Å². The zero-order valence-corrected chi connectivity index (χ0v) is 18.9. The van der Waals surface area contributed by atoms with Crippen molar-refractivity contribution in [1.82, 2.24) is 15.5 Å². The van der Waals surface area contributed by atoms with Crippen LogP contribution in [-0.2, 0) is 0 Å². The van der Waals surface area contributed by atoms with Crippen molar-refractivity contribution in [1.29, 1.82) is 0 Å². The molecule has 27 heavy (non-hydrogen) atoms. The van der Waals surface area contributed by atoms with Crippen LogP contribution in [0.15, 0.2) is 29.3 Å². The number of halogens is 2. The summed E-state index contributed by atoms with van der Waals surface area (Å²) in [5, 5.41) is 7.26. The van der Waals surface area contributed by atoms with E-state index in [1.54, 1.807) is 11.0 Å². The van der Waals surface area contributed by atoms with Crippen LogP contribution in [0.25, 0.3) is 0 Å². The Labute approximate surface area is 183 Å². The number of para-hydroxylation sites is 1. The number of likely N-dealkylation sites (tertiary alicyclic amines) is 1. The van der Waals surface area contributed by atoms with E-state index in [-0.39, 0.29) is 42.2 Å². The first-order valence-corrected chi connectivity index (χ1v) is 9.37. The molecular weight excluding hydrogens is 481 g/mol. The van der Waals surface area contributed by atoms with Gasteiger partial charge in [0.1, 0.15) is 11.9 Å². The molecule has 1 aromatic rings. The zero-order chi connectivity index (χ0) is 18.9. The van der Waals surface area contributed by atoms with E-state index in [9.17, 15) is 4.79 Å². The minimum atomic E-state index is -0.352. The molecule has 1 unspecified atom stereocenters. The maximum atomic E-state index is 11.2.